The molecule has 0 aliphatic heterocycles. The maximum absolute atomic E-state index is 5.41. The number of unbranched alkanes of at least 4 members (excludes halogenated alkanes) is 3. The van der Waals surface area contributed by atoms with Gasteiger partial charge in [-0.05, 0) is 37.7 Å². The van der Waals surface area contributed by atoms with Crippen LogP contribution in [-0.4, -0.2) is 65.6 Å². The molecule has 0 saturated heterocycles. The first-order valence-corrected chi connectivity index (χ1v) is 14.1. The van der Waals surface area contributed by atoms with Crippen molar-refractivity contribution >= 4 is 23.1 Å². The Hall–Kier alpha value is -0.786. The number of nitrogens with one attached hydrogen (secondary N) is 1. The van der Waals surface area contributed by atoms with E-state index >= 15 is 0 Å². The Morgan fingerprint density at radius 3 is 1.79 bits per heavy atom. The molecule has 0 aromatic heterocycles. The summed E-state index contributed by atoms with van der Waals surface area (Å²) in [5.74, 6) is 0. The molecule has 0 unspecified atom stereocenters. The third kappa shape index (κ3) is 11.3. The van der Waals surface area contributed by atoms with E-state index in [0.29, 0.717) is 6.17 Å². The number of rotatable bonds is 14. The lowest BCUT2D eigenvalue weighted by Gasteiger charge is -2.24. The average Bonchev–Trinajstić information content (AvgIpc) is 2.76. The topological polar surface area (TPSA) is 84.2 Å². The summed E-state index contributed by atoms with van der Waals surface area (Å²) in [6, 6.07) is 11.0. The minimum atomic E-state index is -2.51. The zero-order valence-electron chi connectivity index (χ0n) is 18.5. The highest BCUT2D eigenvalue weighted by atomic mass is 28.4. The molecule has 0 atom stereocenters. The quantitative estimate of drug-likeness (QED) is 0.344. The van der Waals surface area contributed by atoms with Crippen molar-refractivity contribution in [2.45, 2.75) is 38.3 Å². The summed E-state index contributed by atoms with van der Waals surface area (Å²) in [6.07, 6.45) is 5.37. The summed E-state index contributed by atoms with van der Waals surface area (Å²) in [6.45, 7) is 2.92. The Kier molecular flexibility index (Phi) is 15.6. The molecule has 0 bridgehead atoms. The summed E-state index contributed by atoms with van der Waals surface area (Å²) >= 11 is 0. The molecule has 1 aromatic carbocycles. The van der Waals surface area contributed by atoms with Crippen molar-refractivity contribution in [1.82, 2.24) is 0 Å². The molecule has 9 heteroatoms. The summed E-state index contributed by atoms with van der Waals surface area (Å²) in [4.78, 5) is 0. The second-order valence-corrected chi connectivity index (χ2v) is 13.0. The van der Waals surface area contributed by atoms with E-state index in [9.17, 15) is 0 Å². The van der Waals surface area contributed by atoms with Gasteiger partial charge in [-0.3, -0.25) is 0 Å². The van der Waals surface area contributed by atoms with E-state index in [-0.39, 0.29) is 0 Å². The van der Waals surface area contributed by atoms with Gasteiger partial charge in [0.1, 0.15) is 0 Å². The van der Waals surface area contributed by atoms with Crippen LogP contribution in [0.15, 0.2) is 30.3 Å². The van der Waals surface area contributed by atoms with E-state index in [1.54, 1.807) is 35.5 Å². The molecule has 1 aromatic rings. The van der Waals surface area contributed by atoms with Gasteiger partial charge in [0.2, 0.25) is 0 Å². The number of benzene rings is 1. The molecule has 0 heterocycles. The van der Waals surface area contributed by atoms with Gasteiger partial charge >= 0.3 is 17.4 Å². The first-order valence-electron chi connectivity index (χ1n) is 9.69. The van der Waals surface area contributed by atoms with Crippen molar-refractivity contribution in [3.05, 3.63) is 30.3 Å². The Balaban J connectivity index is 0.000000528. The van der Waals surface area contributed by atoms with Crippen LogP contribution in [0.3, 0.4) is 0 Å². The first kappa shape index (κ1) is 27.2. The van der Waals surface area contributed by atoms with Crippen LogP contribution in [0.5, 0.6) is 0 Å². The summed E-state index contributed by atoms with van der Waals surface area (Å²) in [7, 11) is 4.00. The summed E-state index contributed by atoms with van der Waals surface area (Å²) in [5.41, 5.74) is 6.44. The van der Waals surface area contributed by atoms with E-state index in [1.165, 1.54) is 19.3 Å². The van der Waals surface area contributed by atoms with Gasteiger partial charge in [-0.1, -0.05) is 37.5 Å². The zero-order chi connectivity index (χ0) is 21.3. The second kappa shape index (κ2) is 16.1. The summed E-state index contributed by atoms with van der Waals surface area (Å²) in [5, 5.41) is 3.23. The smallest absolute Gasteiger partial charge is 0.398 e. The third-order valence-electron chi connectivity index (χ3n) is 4.66. The number of nitrogens with two attached hydrogens (primary N) is 1. The van der Waals surface area contributed by atoms with Crippen LogP contribution in [0.25, 0.3) is 0 Å². The maximum Gasteiger partial charge on any atom is 0.520 e. The zero-order valence-corrected chi connectivity index (χ0v) is 20.5. The van der Waals surface area contributed by atoms with E-state index < -0.39 is 17.4 Å². The van der Waals surface area contributed by atoms with Gasteiger partial charge in [-0.2, -0.15) is 0 Å². The fraction of sp³-hybridized carbons (Fsp3) is 0.684. The van der Waals surface area contributed by atoms with Crippen molar-refractivity contribution < 1.29 is 22.1 Å². The highest BCUT2D eigenvalue weighted by Crippen LogP contribution is 2.16. The molecule has 7 nitrogen and oxygen atoms in total. The normalized spacial score (nSPS) is 11.7. The van der Waals surface area contributed by atoms with E-state index in [4.69, 9.17) is 27.9 Å². The van der Waals surface area contributed by atoms with Crippen LogP contribution < -0.4 is 11.1 Å². The molecule has 0 saturated carbocycles. The monoisotopic (exact) mass is 432 g/mol. The van der Waals surface area contributed by atoms with Gasteiger partial charge in [0.15, 0.2) is 0 Å². The lowest BCUT2D eigenvalue weighted by molar-refractivity contribution is 0.127. The van der Waals surface area contributed by atoms with Crippen molar-refractivity contribution in [3.63, 3.8) is 0 Å². The molecule has 0 radical (unpaired) electrons. The lowest BCUT2D eigenvalue weighted by atomic mass is 10.2. The van der Waals surface area contributed by atoms with Crippen molar-refractivity contribution in [2.75, 3.05) is 53.6 Å². The molecule has 0 aliphatic carbocycles. The highest BCUT2D eigenvalue weighted by Gasteiger charge is 2.37. The van der Waals surface area contributed by atoms with Crippen LogP contribution in [0, 0.1) is 0 Å². The average molecular weight is 433 g/mol. The number of hydrogen-bond acceptors (Lipinski definition) is 7. The van der Waals surface area contributed by atoms with Gasteiger partial charge in [0.05, 0.1) is 6.17 Å². The largest absolute Gasteiger partial charge is 0.520 e. The fourth-order valence-electron chi connectivity index (χ4n) is 2.46. The highest BCUT2D eigenvalue weighted by molar-refractivity contribution is 6.65. The fourth-order valence-corrected chi connectivity index (χ4v) is 5.29. The molecule has 28 heavy (non-hydrogen) atoms. The molecule has 164 valence electrons. The van der Waals surface area contributed by atoms with Crippen LogP contribution in [0.1, 0.15) is 25.7 Å². The Morgan fingerprint density at radius 2 is 1.32 bits per heavy atom. The molecule has 0 aliphatic rings. The standard InChI is InChI=1S/C10H17NO3Si.C9H23NO2Si/c1-12-15(13-2,14-3)9-11-10-7-5-4-6-8-10;1-11-13(3,12-2)9-7-5-4-6-8-10/h4-8,11H,9H2,1-3H3;4-10H2,1-3H3. The van der Waals surface area contributed by atoms with Gasteiger partial charge < -0.3 is 33.2 Å². The van der Waals surface area contributed by atoms with Crippen LogP contribution >= 0.6 is 0 Å². The number of para-hydroxylation sites is 1. The third-order valence-corrected chi connectivity index (χ3v) is 10.1. The Labute approximate surface area is 173 Å². The Bertz CT molecular complexity index is 466. The minimum absolute atomic E-state index is 0.556. The molecule has 0 amide bonds. The van der Waals surface area contributed by atoms with Gasteiger partial charge in [0.25, 0.3) is 0 Å². The molecule has 0 spiro atoms. The van der Waals surface area contributed by atoms with Gasteiger partial charge in [-0.15, -0.1) is 0 Å². The molecular weight excluding hydrogens is 392 g/mol. The predicted molar refractivity (Wildman–Crippen MR) is 120 cm³/mol. The van der Waals surface area contributed by atoms with E-state index in [0.717, 1.165) is 24.7 Å². The lowest BCUT2D eigenvalue weighted by Crippen LogP contribution is -2.49. The second-order valence-electron chi connectivity index (χ2n) is 6.51. The van der Waals surface area contributed by atoms with Crippen molar-refractivity contribution in [1.29, 1.82) is 0 Å². The van der Waals surface area contributed by atoms with E-state index in [1.807, 2.05) is 30.3 Å². The van der Waals surface area contributed by atoms with Crippen molar-refractivity contribution in [3.8, 4) is 0 Å². The number of hydrogen-bond donors (Lipinski definition) is 2. The van der Waals surface area contributed by atoms with Gasteiger partial charge in [-0.25, -0.2) is 0 Å². The van der Waals surface area contributed by atoms with Crippen LogP contribution in [0.4, 0.5) is 5.69 Å². The molecule has 0 fully saturated rings. The van der Waals surface area contributed by atoms with Gasteiger partial charge in [0, 0.05) is 41.2 Å². The minimum Gasteiger partial charge on any atom is -0.398 e. The van der Waals surface area contributed by atoms with Crippen LogP contribution in [-0.2, 0) is 22.1 Å². The van der Waals surface area contributed by atoms with E-state index in [2.05, 4.69) is 11.9 Å². The first-order chi connectivity index (χ1) is 13.4. The predicted octanol–water partition coefficient (Wildman–Crippen LogP) is 3.39. The molecule has 1 rings (SSSR count). The number of anilines is 1. The molecular formula is C19H40N2O5Si2. The maximum atomic E-state index is 5.41. The van der Waals surface area contributed by atoms with Crippen molar-refractivity contribution in [2.24, 2.45) is 5.73 Å². The van der Waals surface area contributed by atoms with Crippen LogP contribution in [0.2, 0.25) is 12.6 Å². The summed E-state index contributed by atoms with van der Waals surface area (Å²) < 4.78 is 26.6. The molecule has 3 N–H and O–H groups in total. The Morgan fingerprint density at radius 1 is 0.786 bits per heavy atom. The SMILES string of the molecule is CO[Si](C)(CCCCCCN)OC.CO[Si](CNc1ccccc1)(OC)OC.